The van der Waals surface area contributed by atoms with E-state index in [2.05, 4.69) is 4.98 Å². The van der Waals surface area contributed by atoms with Gasteiger partial charge in [-0.1, -0.05) is 35.3 Å². The van der Waals surface area contributed by atoms with E-state index in [9.17, 15) is 0 Å². The maximum atomic E-state index is 6.22. The minimum atomic E-state index is 0.597. The van der Waals surface area contributed by atoms with Crippen LogP contribution in [0.1, 0.15) is 34.9 Å². The Kier molecular flexibility index (Phi) is 3.22. The summed E-state index contributed by atoms with van der Waals surface area (Å²) in [5, 5.41) is 1.87. The van der Waals surface area contributed by atoms with E-state index in [1.54, 1.807) is 17.4 Å². The molecule has 2 nitrogen and oxygen atoms in total. The average Bonchev–Trinajstić information content (AvgIpc) is 3.10. The number of rotatable bonds is 3. The molecule has 0 bridgehead atoms. The summed E-state index contributed by atoms with van der Waals surface area (Å²) in [5.74, 6) is 0.603. The molecule has 1 heterocycles. The van der Waals surface area contributed by atoms with Crippen molar-refractivity contribution >= 4 is 39.7 Å². The zero-order valence-corrected chi connectivity index (χ0v) is 11.9. The highest BCUT2D eigenvalue weighted by Gasteiger charge is 2.29. The molecule has 1 fully saturated rings. The summed E-state index contributed by atoms with van der Waals surface area (Å²) in [6.07, 6.45) is 3.21. The lowest BCUT2D eigenvalue weighted by molar-refractivity contribution is 1.01. The van der Waals surface area contributed by atoms with E-state index in [0.29, 0.717) is 21.1 Å². The molecule has 1 saturated carbocycles. The largest absolute Gasteiger partial charge is 0.375 e. The van der Waals surface area contributed by atoms with Crippen molar-refractivity contribution in [1.82, 2.24) is 4.98 Å². The van der Waals surface area contributed by atoms with Crippen LogP contribution in [0.4, 0.5) is 5.13 Å². The standard InChI is InChI=1S/C13H12Cl2N2S/c14-9-3-1-2-8(11(9)15)6-10-12(7-4-5-7)17-13(16)18-10/h1-3,7H,4-6H2,(H2,16,17). The van der Waals surface area contributed by atoms with Crippen LogP contribution in [-0.4, -0.2) is 4.98 Å². The number of hydrogen-bond acceptors (Lipinski definition) is 3. The molecule has 1 aromatic heterocycles. The van der Waals surface area contributed by atoms with Gasteiger partial charge in [-0.05, 0) is 24.5 Å². The highest BCUT2D eigenvalue weighted by molar-refractivity contribution is 7.15. The SMILES string of the molecule is Nc1nc(C2CC2)c(Cc2cccc(Cl)c2Cl)s1. The van der Waals surface area contributed by atoms with Crippen molar-refractivity contribution < 1.29 is 0 Å². The number of hydrogen-bond donors (Lipinski definition) is 1. The van der Waals surface area contributed by atoms with Crippen molar-refractivity contribution in [2.24, 2.45) is 0 Å². The minimum absolute atomic E-state index is 0.597. The molecule has 0 radical (unpaired) electrons. The van der Waals surface area contributed by atoms with Gasteiger partial charge in [0, 0.05) is 17.2 Å². The normalized spacial score (nSPS) is 15.0. The van der Waals surface area contributed by atoms with Gasteiger partial charge in [-0.2, -0.15) is 0 Å². The van der Waals surface area contributed by atoms with Crippen molar-refractivity contribution in [3.8, 4) is 0 Å². The number of nitrogen functional groups attached to an aromatic ring is 1. The molecular weight excluding hydrogens is 287 g/mol. The number of anilines is 1. The number of thiazole rings is 1. The topological polar surface area (TPSA) is 38.9 Å². The maximum Gasteiger partial charge on any atom is 0.180 e. The Morgan fingerprint density at radius 2 is 2.11 bits per heavy atom. The van der Waals surface area contributed by atoms with Crippen molar-refractivity contribution in [3.05, 3.63) is 44.4 Å². The van der Waals surface area contributed by atoms with E-state index in [0.717, 1.165) is 17.7 Å². The second-order valence-electron chi connectivity index (χ2n) is 4.52. The molecule has 2 N–H and O–H groups in total. The van der Waals surface area contributed by atoms with Gasteiger partial charge in [0.1, 0.15) is 0 Å². The van der Waals surface area contributed by atoms with Gasteiger partial charge in [-0.3, -0.25) is 0 Å². The predicted molar refractivity (Wildman–Crippen MR) is 77.8 cm³/mol. The lowest BCUT2D eigenvalue weighted by Crippen LogP contribution is -1.92. The Bertz CT molecular complexity index is 591. The first-order valence-electron chi connectivity index (χ1n) is 5.83. The van der Waals surface area contributed by atoms with Gasteiger partial charge in [-0.15, -0.1) is 11.3 Å². The highest BCUT2D eigenvalue weighted by atomic mass is 35.5. The van der Waals surface area contributed by atoms with E-state index in [-0.39, 0.29) is 0 Å². The second kappa shape index (κ2) is 4.72. The van der Waals surface area contributed by atoms with Crippen molar-refractivity contribution in [1.29, 1.82) is 0 Å². The van der Waals surface area contributed by atoms with Crippen LogP contribution in [0.5, 0.6) is 0 Å². The fourth-order valence-corrected chi connectivity index (χ4v) is 3.37. The number of aromatic nitrogens is 1. The summed E-state index contributed by atoms with van der Waals surface area (Å²) in [4.78, 5) is 5.66. The lowest BCUT2D eigenvalue weighted by atomic mass is 10.1. The average molecular weight is 299 g/mol. The Hall–Kier alpha value is -0.770. The molecular formula is C13H12Cl2N2S. The minimum Gasteiger partial charge on any atom is -0.375 e. The molecule has 18 heavy (non-hydrogen) atoms. The van der Waals surface area contributed by atoms with E-state index in [4.69, 9.17) is 28.9 Å². The summed E-state index contributed by atoms with van der Waals surface area (Å²) >= 11 is 13.8. The first-order valence-corrected chi connectivity index (χ1v) is 7.40. The highest BCUT2D eigenvalue weighted by Crippen LogP contribution is 2.44. The molecule has 0 saturated heterocycles. The molecule has 0 unspecified atom stereocenters. The van der Waals surface area contributed by atoms with Crippen molar-refractivity contribution in [2.75, 3.05) is 5.73 Å². The Morgan fingerprint density at radius 3 is 2.83 bits per heavy atom. The van der Waals surface area contributed by atoms with Gasteiger partial charge in [0.2, 0.25) is 0 Å². The molecule has 0 amide bonds. The Labute approximate surface area is 120 Å². The summed E-state index contributed by atoms with van der Waals surface area (Å²) in [7, 11) is 0. The van der Waals surface area contributed by atoms with Gasteiger partial charge in [-0.25, -0.2) is 4.98 Å². The van der Waals surface area contributed by atoms with E-state index < -0.39 is 0 Å². The molecule has 94 valence electrons. The summed E-state index contributed by atoms with van der Waals surface area (Å²) in [6.45, 7) is 0. The Morgan fingerprint density at radius 1 is 1.33 bits per heavy atom. The first-order chi connectivity index (χ1) is 8.65. The van der Waals surface area contributed by atoms with E-state index in [1.807, 2.05) is 12.1 Å². The zero-order valence-electron chi connectivity index (χ0n) is 9.62. The van der Waals surface area contributed by atoms with Crippen LogP contribution >= 0.6 is 34.5 Å². The molecule has 1 aromatic carbocycles. The van der Waals surface area contributed by atoms with Gasteiger partial charge in [0.25, 0.3) is 0 Å². The van der Waals surface area contributed by atoms with Crippen LogP contribution in [0.2, 0.25) is 10.0 Å². The van der Waals surface area contributed by atoms with Crippen molar-refractivity contribution in [2.45, 2.75) is 25.2 Å². The van der Waals surface area contributed by atoms with Gasteiger partial charge < -0.3 is 5.73 Å². The monoisotopic (exact) mass is 298 g/mol. The first kappa shape index (κ1) is 12.3. The molecule has 0 aliphatic heterocycles. The summed E-state index contributed by atoms with van der Waals surface area (Å²) in [6, 6.07) is 5.72. The van der Waals surface area contributed by atoms with Gasteiger partial charge >= 0.3 is 0 Å². The van der Waals surface area contributed by atoms with E-state index in [1.165, 1.54) is 17.7 Å². The summed E-state index contributed by atoms with van der Waals surface area (Å²) in [5.41, 5.74) is 8.01. The fourth-order valence-electron chi connectivity index (χ4n) is 2.04. The number of benzene rings is 1. The molecule has 0 atom stereocenters. The van der Waals surface area contributed by atoms with Crippen LogP contribution in [0, 0.1) is 0 Å². The molecule has 0 spiro atoms. The third kappa shape index (κ3) is 2.35. The van der Waals surface area contributed by atoms with Crippen LogP contribution in [0.3, 0.4) is 0 Å². The van der Waals surface area contributed by atoms with Gasteiger partial charge in [0.15, 0.2) is 5.13 Å². The molecule has 1 aliphatic rings. The molecule has 5 heteroatoms. The van der Waals surface area contributed by atoms with Crippen LogP contribution in [0.25, 0.3) is 0 Å². The van der Waals surface area contributed by atoms with Crippen LogP contribution in [0.15, 0.2) is 18.2 Å². The van der Waals surface area contributed by atoms with E-state index >= 15 is 0 Å². The number of nitrogens with zero attached hydrogens (tertiary/aromatic N) is 1. The predicted octanol–water partition coefficient (Wildman–Crippen LogP) is 4.50. The lowest BCUT2D eigenvalue weighted by Gasteiger charge is -2.05. The number of nitrogens with two attached hydrogens (primary N) is 1. The Balaban J connectivity index is 1.94. The zero-order chi connectivity index (χ0) is 12.7. The van der Waals surface area contributed by atoms with Crippen LogP contribution < -0.4 is 5.73 Å². The quantitative estimate of drug-likeness (QED) is 0.906. The van der Waals surface area contributed by atoms with Gasteiger partial charge in [0.05, 0.1) is 15.7 Å². The summed E-state index contributed by atoms with van der Waals surface area (Å²) < 4.78 is 0. The smallest absolute Gasteiger partial charge is 0.180 e. The third-order valence-electron chi connectivity index (χ3n) is 3.09. The molecule has 1 aliphatic carbocycles. The maximum absolute atomic E-state index is 6.22. The van der Waals surface area contributed by atoms with Crippen LogP contribution in [-0.2, 0) is 6.42 Å². The fraction of sp³-hybridized carbons (Fsp3) is 0.308. The molecule has 2 aromatic rings. The van der Waals surface area contributed by atoms with Crippen molar-refractivity contribution in [3.63, 3.8) is 0 Å². The third-order valence-corrected chi connectivity index (χ3v) is 4.85. The second-order valence-corrected chi connectivity index (χ2v) is 6.42. The molecule has 3 rings (SSSR count). The number of halogens is 2.